The molecule has 6 heteroatoms. The number of benzene rings is 1. The Kier molecular flexibility index (Phi) is 2.78. The van der Waals surface area contributed by atoms with Crippen LogP contribution in [0, 0.1) is 0 Å². The molecule has 0 bridgehead atoms. The number of hydrogen-bond donors (Lipinski definition) is 5. The highest BCUT2D eigenvalue weighted by atomic mass is 16.3. The molecule has 0 aliphatic heterocycles. The molecule has 6 nitrogen and oxygen atoms in total. The van der Waals surface area contributed by atoms with Gasteiger partial charge in [0.1, 0.15) is 0 Å². The van der Waals surface area contributed by atoms with Crippen molar-refractivity contribution in [2.75, 3.05) is 6.54 Å². The number of H-pyrrole nitrogens is 2. The van der Waals surface area contributed by atoms with Crippen LogP contribution in [0.3, 0.4) is 0 Å². The van der Waals surface area contributed by atoms with E-state index in [1.807, 2.05) is 0 Å². The molecule has 0 saturated carbocycles. The molecule has 2 atom stereocenters. The first-order valence-corrected chi connectivity index (χ1v) is 4.97. The third-order valence-corrected chi connectivity index (χ3v) is 2.58. The standard InChI is InChI=1S/C10H14N4O2/c11-4-8(15)9(12)5-1-2-6-7(3-5)14-10(16)13-6/h1-3,8-9,15H,4,11-12H2,(H2,13,14,16). The predicted molar refractivity (Wildman–Crippen MR) is 60.9 cm³/mol. The average molecular weight is 222 g/mol. The fourth-order valence-electron chi connectivity index (χ4n) is 1.63. The Balaban J connectivity index is 2.42. The second-order valence-corrected chi connectivity index (χ2v) is 3.71. The molecular formula is C10H14N4O2. The molecule has 0 saturated heterocycles. The van der Waals surface area contributed by atoms with Crippen LogP contribution < -0.4 is 17.2 Å². The van der Waals surface area contributed by atoms with Gasteiger partial charge in [0, 0.05) is 6.54 Å². The molecule has 0 amide bonds. The number of aliphatic hydroxyl groups excluding tert-OH is 1. The number of rotatable bonds is 3. The van der Waals surface area contributed by atoms with Gasteiger partial charge >= 0.3 is 5.69 Å². The van der Waals surface area contributed by atoms with Gasteiger partial charge in [0.15, 0.2) is 0 Å². The SMILES string of the molecule is NCC(O)C(N)c1ccc2[nH]c(=O)[nH]c2c1. The number of fused-ring (bicyclic) bond motifs is 1. The molecule has 16 heavy (non-hydrogen) atoms. The molecule has 1 aromatic carbocycles. The zero-order chi connectivity index (χ0) is 11.7. The van der Waals surface area contributed by atoms with Gasteiger partial charge in [-0.1, -0.05) is 6.07 Å². The first-order valence-electron chi connectivity index (χ1n) is 4.97. The van der Waals surface area contributed by atoms with Crippen LogP contribution >= 0.6 is 0 Å². The quantitative estimate of drug-likeness (QED) is 0.465. The van der Waals surface area contributed by atoms with E-state index in [2.05, 4.69) is 9.97 Å². The molecule has 1 aromatic heterocycles. The molecular weight excluding hydrogens is 208 g/mol. The van der Waals surface area contributed by atoms with E-state index in [9.17, 15) is 9.90 Å². The van der Waals surface area contributed by atoms with Crippen molar-refractivity contribution in [2.45, 2.75) is 12.1 Å². The zero-order valence-corrected chi connectivity index (χ0v) is 8.60. The summed E-state index contributed by atoms with van der Waals surface area (Å²) in [6.07, 6.45) is -0.789. The van der Waals surface area contributed by atoms with Crippen LogP contribution in [0.25, 0.3) is 11.0 Å². The lowest BCUT2D eigenvalue weighted by molar-refractivity contribution is 0.153. The summed E-state index contributed by atoms with van der Waals surface area (Å²) in [4.78, 5) is 16.3. The number of imidazole rings is 1. The molecule has 2 aromatic rings. The summed E-state index contributed by atoms with van der Waals surface area (Å²) in [6, 6.07) is 4.69. The highest BCUT2D eigenvalue weighted by Crippen LogP contribution is 2.17. The monoisotopic (exact) mass is 222 g/mol. The van der Waals surface area contributed by atoms with Crippen molar-refractivity contribution in [3.05, 3.63) is 34.2 Å². The minimum Gasteiger partial charge on any atom is -0.390 e. The zero-order valence-electron chi connectivity index (χ0n) is 8.60. The van der Waals surface area contributed by atoms with E-state index in [0.29, 0.717) is 11.0 Å². The van der Waals surface area contributed by atoms with E-state index in [4.69, 9.17) is 11.5 Å². The Morgan fingerprint density at radius 3 is 2.69 bits per heavy atom. The van der Waals surface area contributed by atoms with Gasteiger partial charge in [0.2, 0.25) is 0 Å². The van der Waals surface area contributed by atoms with E-state index < -0.39 is 12.1 Å². The van der Waals surface area contributed by atoms with E-state index in [1.54, 1.807) is 18.2 Å². The second kappa shape index (κ2) is 4.09. The van der Waals surface area contributed by atoms with Gasteiger partial charge in [-0.05, 0) is 17.7 Å². The Bertz CT molecular complexity index is 545. The van der Waals surface area contributed by atoms with Gasteiger partial charge in [-0.15, -0.1) is 0 Å². The average Bonchev–Trinajstić information content (AvgIpc) is 2.65. The number of aliphatic hydroxyl groups is 1. The largest absolute Gasteiger partial charge is 0.390 e. The second-order valence-electron chi connectivity index (χ2n) is 3.71. The lowest BCUT2D eigenvalue weighted by atomic mass is 10.0. The fourth-order valence-corrected chi connectivity index (χ4v) is 1.63. The molecule has 2 unspecified atom stereocenters. The normalized spacial score (nSPS) is 15.2. The summed E-state index contributed by atoms with van der Waals surface area (Å²) in [5.74, 6) is 0. The van der Waals surface area contributed by atoms with Gasteiger partial charge in [0.05, 0.1) is 23.2 Å². The number of aromatic amines is 2. The number of aromatic nitrogens is 2. The van der Waals surface area contributed by atoms with Crippen LogP contribution in [0.4, 0.5) is 0 Å². The summed E-state index contributed by atoms with van der Waals surface area (Å²) >= 11 is 0. The molecule has 2 rings (SSSR count). The molecule has 0 aliphatic rings. The van der Waals surface area contributed by atoms with Gasteiger partial charge in [-0.25, -0.2) is 4.79 Å². The molecule has 0 spiro atoms. The van der Waals surface area contributed by atoms with Crippen molar-refractivity contribution in [1.82, 2.24) is 9.97 Å². The first kappa shape index (κ1) is 10.9. The van der Waals surface area contributed by atoms with Crippen molar-refractivity contribution in [3.63, 3.8) is 0 Å². The topological polar surface area (TPSA) is 121 Å². The minimum absolute atomic E-state index is 0.100. The van der Waals surface area contributed by atoms with Crippen LogP contribution in [0.15, 0.2) is 23.0 Å². The van der Waals surface area contributed by atoms with Gasteiger partial charge in [-0.3, -0.25) is 0 Å². The lowest BCUT2D eigenvalue weighted by Gasteiger charge is -2.17. The van der Waals surface area contributed by atoms with Crippen molar-refractivity contribution >= 4 is 11.0 Å². The molecule has 0 fully saturated rings. The molecule has 7 N–H and O–H groups in total. The smallest absolute Gasteiger partial charge is 0.323 e. The van der Waals surface area contributed by atoms with Gasteiger partial charge in [-0.2, -0.15) is 0 Å². The minimum atomic E-state index is -0.789. The number of hydrogen-bond acceptors (Lipinski definition) is 4. The highest BCUT2D eigenvalue weighted by Gasteiger charge is 2.15. The summed E-state index contributed by atoms with van der Waals surface area (Å²) < 4.78 is 0. The van der Waals surface area contributed by atoms with Gasteiger partial charge < -0.3 is 26.5 Å². The van der Waals surface area contributed by atoms with Crippen molar-refractivity contribution in [3.8, 4) is 0 Å². The summed E-state index contributed by atoms with van der Waals surface area (Å²) in [5.41, 5.74) is 13.0. The maximum Gasteiger partial charge on any atom is 0.323 e. The maximum atomic E-state index is 11.0. The summed E-state index contributed by atoms with van der Waals surface area (Å²) in [7, 11) is 0. The molecule has 0 radical (unpaired) electrons. The third-order valence-electron chi connectivity index (χ3n) is 2.58. The Labute approximate surface area is 91.3 Å². The van der Waals surface area contributed by atoms with E-state index in [0.717, 1.165) is 5.56 Å². The Morgan fingerprint density at radius 2 is 2.00 bits per heavy atom. The lowest BCUT2D eigenvalue weighted by Crippen LogP contribution is -2.32. The van der Waals surface area contributed by atoms with Gasteiger partial charge in [0.25, 0.3) is 0 Å². The fraction of sp³-hybridized carbons (Fsp3) is 0.300. The summed E-state index contributed by atoms with van der Waals surface area (Å²) in [5, 5.41) is 9.53. The highest BCUT2D eigenvalue weighted by molar-refractivity contribution is 5.75. The number of nitrogens with two attached hydrogens (primary N) is 2. The van der Waals surface area contributed by atoms with Crippen LogP contribution in [-0.4, -0.2) is 27.7 Å². The predicted octanol–water partition coefficient (Wildman–Crippen LogP) is -0.824. The Morgan fingerprint density at radius 1 is 1.31 bits per heavy atom. The van der Waals surface area contributed by atoms with Crippen LogP contribution in [-0.2, 0) is 0 Å². The first-order chi connectivity index (χ1) is 7.61. The molecule has 1 heterocycles. The van der Waals surface area contributed by atoms with Crippen molar-refractivity contribution < 1.29 is 5.11 Å². The molecule has 0 aliphatic carbocycles. The Hall–Kier alpha value is -1.63. The van der Waals surface area contributed by atoms with Crippen molar-refractivity contribution in [2.24, 2.45) is 11.5 Å². The van der Waals surface area contributed by atoms with Crippen LogP contribution in [0.1, 0.15) is 11.6 Å². The van der Waals surface area contributed by atoms with E-state index in [-0.39, 0.29) is 12.2 Å². The maximum absolute atomic E-state index is 11.0. The number of nitrogens with one attached hydrogen (secondary N) is 2. The molecule has 86 valence electrons. The van der Waals surface area contributed by atoms with Crippen LogP contribution in [0.2, 0.25) is 0 Å². The van der Waals surface area contributed by atoms with Crippen LogP contribution in [0.5, 0.6) is 0 Å². The third kappa shape index (κ3) is 1.85. The summed E-state index contributed by atoms with van der Waals surface area (Å²) in [6.45, 7) is 0.100. The van der Waals surface area contributed by atoms with Crippen molar-refractivity contribution in [1.29, 1.82) is 0 Å². The van der Waals surface area contributed by atoms with E-state index in [1.165, 1.54) is 0 Å². The van der Waals surface area contributed by atoms with E-state index >= 15 is 0 Å².